The number of hydrogen-bond acceptors (Lipinski definition) is 6. The number of benzene rings is 1. The molecule has 30 heavy (non-hydrogen) atoms. The number of ether oxygens (including phenoxy) is 1. The number of amides is 1. The third-order valence-corrected chi connectivity index (χ3v) is 6.55. The minimum atomic E-state index is -0.494. The van der Waals surface area contributed by atoms with E-state index in [4.69, 9.17) is 26.3 Å². The lowest BCUT2D eigenvalue weighted by Gasteiger charge is -2.38. The lowest BCUT2D eigenvalue weighted by molar-refractivity contribution is 0.0201. The first-order valence-corrected chi connectivity index (χ1v) is 11.7. The van der Waals surface area contributed by atoms with Crippen LogP contribution >= 0.6 is 34.2 Å². The Balaban J connectivity index is 1.78. The maximum atomic E-state index is 12.4. The molecule has 0 aliphatic carbocycles. The number of nitrogens with one attached hydrogen (secondary N) is 1. The highest BCUT2D eigenvalue weighted by Crippen LogP contribution is 2.31. The number of rotatable bonds is 4. The molecule has 0 spiro atoms. The van der Waals surface area contributed by atoms with E-state index in [0.29, 0.717) is 5.02 Å². The molecule has 164 valence electrons. The van der Waals surface area contributed by atoms with E-state index in [0.717, 1.165) is 58.7 Å². The average Bonchev–Trinajstić information content (AvgIpc) is 2.67. The normalized spacial score (nSPS) is 15.4. The van der Waals surface area contributed by atoms with Crippen molar-refractivity contribution < 1.29 is 9.53 Å². The third kappa shape index (κ3) is 5.38. The zero-order chi connectivity index (χ0) is 22.1. The molecule has 1 aliphatic rings. The molecule has 0 bridgehead atoms. The maximum Gasteiger partial charge on any atom is 0.410 e. The standard InChI is InChI=1S/C21H29ClIN5O2/c1-6-24-18-19(26-16-11-14(22)15(23)12-17(16)25-18)28-9-7-13(8-10-28)27(5)20(29)30-21(2,3)4/h11-13H,6-10H2,1-5H3,(H,24,25). The predicted octanol–water partition coefficient (Wildman–Crippen LogP) is 5.16. The third-order valence-electron chi connectivity index (χ3n) is 5.03. The van der Waals surface area contributed by atoms with Gasteiger partial charge in [-0.3, -0.25) is 0 Å². The van der Waals surface area contributed by atoms with E-state index < -0.39 is 5.60 Å². The van der Waals surface area contributed by atoms with E-state index >= 15 is 0 Å². The van der Waals surface area contributed by atoms with Crippen LogP contribution in [0.2, 0.25) is 5.02 Å². The highest BCUT2D eigenvalue weighted by atomic mass is 127. The average molecular weight is 546 g/mol. The first-order valence-electron chi connectivity index (χ1n) is 10.2. The lowest BCUT2D eigenvalue weighted by Crippen LogP contribution is -2.47. The molecule has 0 radical (unpaired) electrons. The molecule has 1 amide bonds. The number of piperidine rings is 1. The van der Waals surface area contributed by atoms with Crippen LogP contribution in [0.25, 0.3) is 11.0 Å². The van der Waals surface area contributed by atoms with Crippen LogP contribution in [0.3, 0.4) is 0 Å². The van der Waals surface area contributed by atoms with E-state index in [1.54, 1.807) is 4.90 Å². The van der Waals surface area contributed by atoms with Crippen LogP contribution < -0.4 is 10.2 Å². The van der Waals surface area contributed by atoms with Crippen LogP contribution in [0, 0.1) is 3.57 Å². The van der Waals surface area contributed by atoms with Gasteiger partial charge in [0.2, 0.25) is 0 Å². The molecule has 0 atom stereocenters. The Morgan fingerprint density at radius 2 is 1.93 bits per heavy atom. The highest BCUT2D eigenvalue weighted by Gasteiger charge is 2.30. The summed E-state index contributed by atoms with van der Waals surface area (Å²) in [5.74, 6) is 1.61. The molecule has 1 aromatic carbocycles. The number of carbonyl (C=O) groups is 1. The van der Waals surface area contributed by atoms with Gasteiger partial charge in [-0.2, -0.15) is 0 Å². The molecule has 1 aliphatic heterocycles. The zero-order valence-electron chi connectivity index (χ0n) is 18.1. The van der Waals surface area contributed by atoms with Crippen LogP contribution in [-0.4, -0.2) is 59.3 Å². The summed E-state index contributed by atoms with van der Waals surface area (Å²) in [6.07, 6.45) is 1.41. The molecular formula is C21H29ClIN5O2. The fourth-order valence-electron chi connectivity index (χ4n) is 3.50. The van der Waals surface area contributed by atoms with E-state index in [9.17, 15) is 4.79 Å². The molecule has 1 saturated heterocycles. The molecule has 3 rings (SSSR count). The number of hydrogen-bond donors (Lipinski definition) is 1. The van der Waals surface area contributed by atoms with E-state index in [1.165, 1.54) is 0 Å². The summed E-state index contributed by atoms with van der Waals surface area (Å²) in [4.78, 5) is 26.0. The zero-order valence-corrected chi connectivity index (χ0v) is 21.0. The molecule has 2 aromatic rings. The van der Waals surface area contributed by atoms with Crippen molar-refractivity contribution in [3.05, 3.63) is 20.7 Å². The van der Waals surface area contributed by atoms with Crippen molar-refractivity contribution in [3.8, 4) is 0 Å². The Morgan fingerprint density at radius 3 is 2.53 bits per heavy atom. The van der Waals surface area contributed by atoms with Gasteiger partial charge in [-0.1, -0.05) is 11.6 Å². The Labute approximate surface area is 196 Å². The summed E-state index contributed by atoms with van der Waals surface area (Å²) in [6.45, 7) is 10.0. The van der Waals surface area contributed by atoms with Crippen molar-refractivity contribution in [1.82, 2.24) is 14.9 Å². The molecule has 1 fully saturated rings. The number of carbonyl (C=O) groups excluding carboxylic acids is 1. The first kappa shape index (κ1) is 23.1. The Hall–Kier alpha value is -1.55. The van der Waals surface area contributed by atoms with Gasteiger partial charge in [0.25, 0.3) is 0 Å². The van der Waals surface area contributed by atoms with Crippen LogP contribution in [0.4, 0.5) is 16.4 Å². The lowest BCUT2D eigenvalue weighted by atomic mass is 10.0. The van der Waals surface area contributed by atoms with Crippen molar-refractivity contribution in [1.29, 1.82) is 0 Å². The quantitative estimate of drug-likeness (QED) is 0.536. The number of fused-ring (bicyclic) bond motifs is 1. The Morgan fingerprint density at radius 1 is 1.30 bits per heavy atom. The Kier molecular flexibility index (Phi) is 7.16. The number of halogens is 2. The van der Waals surface area contributed by atoms with Gasteiger partial charge in [-0.15, -0.1) is 0 Å². The van der Waals surface area contributed by atoms with Crippen LogP contribution in [0.5, 0.6) is 0 Å². The second kappa shape index (κ2) is 9.30. The summed E-state index contributed by atoms with van der Waals surface area (Å²) >= 11 is 8.51. The van der Waals surface area contributed by atoms with Crippen LogP contribution in [0.1, 0.15) is 40.5 Å². The van der Waals surface area contributed by atoms with Gasteiger partial charge < -0.3 is 19.9 Å². The van der Waals surface area contributed by atoms with Gasteiger partial charge >= 0.3 is 6.09 Å². The molecular weight excluding hydrogens is 517 g/mol. The van der Waals surface area contributed by atoms with Crippen molar-refractivity contribution in [3.63, 3.8) is 0 Å². The van der Waals surface area contributed by atoms with Gasteiger partial charge in [-0.05, 0) is 75.3 Å². The SMILES string of the molecule is CCNc1nc2cc(I)c(Cl)cc2nc1N1CCC(N(C)C(=O)OC(C)(C)C)CC1. The van der Waals surface area contributed by atoms with Gasteiger partial charge in [0, 0.05) is 36.3 Å². The maximum absolute atomic E-state index is 12.4. The highest BCUT2D eigenvalue weighted by molar-refractivity contribution is 14.1. The van der Waals surface area contributed by atoms with Crippen LogP contribution in [0.15, 0.2) is 12.1 Å². The van der Waals surface area contributed by atoms with E-state index in [2.05, 4.69) is 32.8 Å². The van der Waals surface area contributed by atoms with Gasteiger partial charge in [-0.25, -0.2) is 14.8 Å². The number of anilines is 2. The number of aromatic nitrogens is 2. The van der Waals surface area contributed by atoms with Gasteiger partial charge in [0.1, 0.15) is 5.60 Å². The molecule has 2 heterocycles. The summed E-state index contributed by atoms with van der Waals surface area (Å²) in [5.41, 5.74) is 1.11. The summed E-state index contributed by atoms with van der Waals surface area (Å²) in [6, 6.07) is 3.97. The summed E-state index contributed by atoms with van der Waals surface area (Å²) < 4.78 is 6.47. The number of nitrogens with zero attached hydrogens (tertiary/aromatic N) is 4. The van der Waals surface area contributed by atoms with Crippen LogP contribution in [-0.2, 0) is 4.74 Å². The van der Waals surface area contributed by atoms with Gasteiger partial charge in [0.05, 0.1) is 16.1 Å². The minimum Gasteiger partial charge on any atom is -0.444 e. The molecule has 0 unspecified atom stereocenters. The summed E-state index contributed by atoms with van der Waals surface area (Å²) in [5, 5.41) is 4.02. The molecule has 1 aromatic heterocycles. The fraction of sp³-hybridized carbons (Fsp3) is 0.571. The van der Waals surface area contributed by atoms with Crippen molar-refractivity contribution in [2.24, 2.45) is 0 Å². The largest absolute Gasteiger partial charge is 0.444 e. The molecule has 7 nitrogen and oxygen atoms in total. The van der Waals surface area contributed by atoms with Crippen molar-refractivity contribution >= 4 is 63.0 Å². The Bertz CT molecular complexity index is 926. The second-order valence-corrected chi connectivity index (χ2v) is 10.1. The van der Waals surface area contributed by atoms with Gasteiger partial charge in [0.15, 0.2) is 11.6 Å². The molecule has 1 N–H and O–H groups in total. The van der Waals surface area contributed by atoms with Crippen molar-refractivity contribution in [2.45, 2.75) is 52.2 Å². The fourth-order valence-corrected chi connectivity index (χ4v) is 4.11. The second-order valence-electron chi connectivity index (χ2n) is 8.49. The summed E-state index contributed by atoms with van der Waals surface area (Å²) in [7, 11) is 1.82. The smallest absolute Gasteiger partial charge is 0.410 e. The van der Waals surface area contributed by atoms with Crippen molar-refractivity contribution in [2.75, 3.05) is 36.9 Å². The molecule has 0 saturated carbocycles. The monoisotopic (exact) mass is 545 g/mol. The van der Waals surface area contributed by atoms with E-state index in [1.807, 2.05) is 46.9 Å². The first-order chi connectivity index (χ1) is 14.1. The predicted molar refractivity (Wildman–Crippen MR) is 131 cm³/mol. The minimum absolute atomic E-state index is 0.142. The molecule has 9 heteroatoms. The topological polar surface area (TPSA) is 70.6 Å². The van der Waals surface area contributed by atoms with E-state index in [-0.39, 0.29) is 12.1 Å².